The molecule has 0 aliphatic heterocycles. The Labute approximate surface area is 139 Å². The topological polar surface area (TPSA) is 113 Å². The lowest BCUT2D eigenvalue weighted by molar-refractivity contribution is -0.133. The number of carbonyl (C=O) groups excluding carboxylic acids is 3. The fraction of sp³-hybridized carbons (Fsp3) is 0.643. The predicted octanol–water partition coefficient (Wildman–Crippen LogP) is 1.26. The van der Waals surface area contributed by atoms with Crippen LogP contribution in [-0.2, 0) is 20.8 Å². The summed E-state index contributed by atoms with van der Waals surface area (Å²) >= 11 is 1.12. The number of nitrogens with one attached hydrogen (secondary N) is 3. The molecular formula is C14H23N5O3S. The average molecular weight is 341 g/mol. The fourth-order valence-corrected chi connectivity index (χ4v) is 1.89. The molecule has 0 aliphatic carbocycles. The molecule has 1 aromatic rings. The molecule has 8 nitrogen and oxygen atoms in total. The van der Waals surface area contributed by atoms with Crippen LogP contribution in [-0.4, -0.2) is 27.9 Å². The van der Waals surface area contributed by atoms with Crippen molar-refractivity contribution < 1.29 is 14.4 Å². The second-order valence-corrected chi connectivity index (χ2v) is 8.20. The largest absolute Gasteiger partial charge is 0.300 e. The Morgan fingerprint density at radius 3 is 2.00 bits per heavy atom. The first-order valence-electron chi connectivity index (χ1n) is 7.12. The smallest absolute Gasteiger partial charge is 0.245 e. The zero-order valence-corrected chi connectivity index (χ0v) is 15.1. The van der Waals surface area contributed by atoms with E-state index in [1.807, 2.05) is 0 Å². The van der Waals surface area contributed by atoms with Gasteiger partial charge in [0.15, 0.2) is 0 Å². The van der Waals surface area contributed by atoms with E-state index in [1.54, 1.807) is 41.5 Å². The molecule has 0 saturated heterocycles. The summed E-state index contributed by atoms with van der Waals surface area (Å²) in [6.07, 6.45) is -0.0342. The van der Waals surface area contributed by atoms with Gasteiger partial charge in [-0.3, -0.25) is 25.2 Å². The van der Waals surface area contributed by atoms with E-state index in [0.29, 0.717) is 10.1 Å². The maximum atomic E-state index is 11.8. The van der Waals surface area contributed by atoms with E-state index in [-0.39, 0.29) is 18.2 Å². The summed E-state index contributed by atoms with van der Waals surface area (Å²) < 4.78 is 0. The quantitative estimate of drug-likeness (QED) is 0.716. The third-order valence-electron chi connectivity index (χ3n) is 2.68. The van der Waals surface area contributed by atoms with Crippen molar-refractivity contribution in [3.63, 3.8) is 0 Å². The number of carbonyl (C=O) groups is 3. The minimum Gasteiger partial charge on any atom is -0.300 e. The first-order valence-corrected chi connectivity index (χ1v) is 7.94. The molecule has 0 aromatic carbocycles. The van der Waals surface area contributed by atoms with Gasteiger partial charge in [-0.2, -0.15) is 0 Å². The number of nitrogens with zero attached hydrogens (tertiary/aromatic N) is 2. The molecule has 1 heterocycles. The number of hydrogen-bond acceptors (Lipinski definition) is 6. The maximum Gasteiger partial charge on any atom is 0.245 e. The molecule has 0 spiro atoms. The van der Waals surface area contributed by atoms with Gasteiger partial charge in [0, 0.05) is 10.8 Å². The van der Waals surface area contributed by atoms with Crippen molar-refractivity contribution in [1.29, 1.82) is 0 Å². The molecular weight excluding hydrogens is 318 g/mol. The molecule has 23 heavy (non-hydrogen) atoms. The zero-order chi connectivity index (χ0) is 17.8. The van der Waals surface area contributed by atoms with Crippen LogP contribution in [0, 0.1) is 10.8 Å². The van der Waals surface area contributed by atoms with Gasteiger partial charge in [-0.25, -0.2) is 0 Å². The Morgan fingerprint density at radius 1 is 0.913 bits per heavy atom. The number of amides is 3. The van der Waals surface area contributed by atoms with Gasteiger partial charge in [0.2, 0.25) is 22.9 Å². The van der Waals surface area contributed by atoms with Crippen molar-refractivity contribution in [2.75, 3.05) is 5.32 Å². The van der Waals surface area contributed by atoms with E-state index in [0.717, 1.165) is 11.3 Å². The van der Waals surface area contributed by atoms with E-state index in [1.165, 1.54) is 0 Å². The van der Waals surface area contributed by atoms with Crippen LogP contribution in [0.3, 0.4) is 0 Å². The average Bonchev–Trinajstić information content (AvgIpc) is 2.80. The fourth-order valence-electron chi connectivity index (χ4n) is 1.16. The molecule has 0 aliphatic rings. The number of anilines is 1. The molecule has 0 unspecified atom stereocenters. The Kier molecular flexibility index (Phi) is 5.81. The summed E-state index contributed by atoms with van der Waals surface area (Å²) in [5.74, 6) is -0.879. The Morgan fingerprint density at radius 2 is 1.48 bits per heavy atom. The van der Waals surface area contributed by atoms with Crippen molar-refractivity contribution >= 4 is 34.2 Å². The van der Waals surface area contributed by atoms with Gasteiger partial charge in [-0.1, -0.05) is 52.9 Å². The third-order valence-corrected chi connectivity index (χ3v) is 3.52. The molecule has 0 fully saturated rings. The van der Waals surface area contributed by atoms with Gasteiger partial charge in [0.1, 0.15) is 5.01 Å². The lowest BCUT2D eigenvalue weighted by Gasteiger charge is -2.17. The van der Waals surface area contributed by atoms with Crippen LogP contribution in [0.15, 0.2) is 0 Å². The molecule has 9 heteroatoms. The van der Waals surface area contributed by atoms with Crippen molar-refractivity contribution in [2.24, 2.45) is 10.8 Å². The molecule has 0 radical (unpaired) electrons. The molecule has 3 amide bonds. The first kappa shape index (κ1) is 19.0. The van der Waals surface area contributed by atoms with E-state index >= 15 is 0 Å². The van der Waals surface area contributed by atoms with Crippen LogP contribution < -0.4 is 16.2 Å². The molecule has 3 N–H and O–H groups in total. The highest BCUT2D eigenvalue weighted by atomic mass is 32.1. The molecule has 1 aromatic heterocycles. The molecule has 0 atom stereocenters. The minimum absolute atomic E-state index is 0.0342. The maximum absolute atomic E-state index is 11.8. The van der Waals surface area contributed by atoms with E-state index in [9.17, 15) is 14.4 Å². The van der Waals surface area contributed by atoms with Crippen LogP contribution in [0.4, 0.5) is 5.13 Å². The van der Waals surface area contributed by atoms with Crippen LogP contribution >= 0.6 is 11.3 Å². The SMILES string of the molecule is CC(C)(C)C(=O)NNC(=O)Cc1nnc(NC(=O)C(C)(C)C)s1. The highest BCUT2D eigenvalue weighted by Crippen LogP contribution is 2.20. The summed E-state index contributed by atoms with van der Waals surface area (Å²) in [5, 5.41) is 11.1. The van der Waals surface area contributed by atoms with Crippen LogP contribution in [0.25, 0.3) is 0 Å². The van der Waals surface area contributed by atoms with Crippen LogP contribution in [0.1, 0.15) is 46.6 Å². The zero-order valence-electron chi connectivity index (χ0n) is 14.2. The molecule has 0 saturated carbocycles. The molecule has 128 valence electrons. The van der Waals surface area contributed by atoms with Gasteiger partial charge < -0.3 is 5.32 Å². The summed E-state index contributed by atoms with van der Waals surface area (Å²) in [6.45, 7) is 10.6. The van der Waals surface area contributed by atoms with Crippen molar-refractivity contribution in [3.05, 3.63) is 5.01 Å². The summed E-state index contributed by atoms with van der Waals surface area (Å²) in [5.41, 5.74) is 3.54. The lowest BCUT2D eigenvalue weighted by atomic mass is 9.96. The minimum atomic E-state index is -0.597. The third kappa shape index (κ3) is 6.31. The Balaban J connectivity index is 2.52. The Bertz CT molecular complexity index is 598. The summed E-state index contributed by atoms with van der Waals surface area (Å²) in [7, 11) is 0. The highest BCUT2D eigenvalue weighted by Gasteiger charge is 2.23. The molecule has 0 bridgehead atoms. The van der Waals surface area contributed by atoms with Gasteiger partial charge in [0.05, 0.1) is 6.42 Å². The second kappa shape index (κ2) is 7.03. The van der Waals surface area contributed by atoms with Gasteiger partial charge in [-0.05, 0) is 0 Å². The number of rotatable bonds is 3. The monoisotopic (exact) mass is 341 g/mol. The van der Waals surface area contributed by atoms with Gasteiger partial charge in [0.25, 0.3) is 0 Å². The normalized spacial score (nSPS) is 11.7. The van der Waals surface area contributed by atoms with Crippen molar-refractivity contribution in [2.45, 2.75) is 48.0 Å². The van der Waals surface area contributed by atoms with E-state index < -0.39 is 16.7 Å². The predicted molar refractivity (Wildman–Crippen MR) is 87.4 cm³/mol. The number of aromatic nitrogens is 2. The Hall–Kier alpha value is -2.03. The van der Waals surface area contributed by atoms with Gasteiger partial charge >= 0.3 is 0 Å². The second-order valence-electron chi connectivity index (χ2n) is 7.13. The number of hydrogen-bond donors (Lipinski definition) is 3. The standard InChI is InChI=1S/C14H23N5O3S/c1-13(2,3)10(21)15-12-19-17-9(23-12)7-8(20)16-18-11(22)14(4,5)6/h7H2,1-6H3,(H,16,20)(H,18,22)(H,15,19,21). The van der Waals surface area contributed by atoms with Crippen molar-refractivity contribution in [1.82, 2.24) is 21.0 Å². The molecule has 1 rings (SSSR count). The van der Waals surface area contributed by atoms with Crippen LogP contribution in [0.5, 0.6) is 0 Å². The van der Waals surface area contributed by atoms with Crippen molar-refractivity contribution in [3.8, 4) is 0 Å². The summed E-state index contributed by atoms with van der Waals surface area (Å²) in [6, 6.07) is 0. The van der Waals surface area contributed by atoms with E-state index in [4.69, 9.17) is 0 Å². The first-order chi connectivity index (χ1) is 10.4. The van der Waals surface area contributed by atoms with E-state index in [2.05, 4.69) is 26.4 Å². The number of hydrazine groups is 1. The lowest BCUT2D eigenvalue weighted by Crippen LogP contribution is -2.47. The highest BCUT2D eigenvalue weighted by molar-refractivity contribution is 7.15. The van der Waals surface area contributed by atoms with Crippen LogP contribution in [0.2, 0.25) is 0 Å². The van der Waals surface area contributed by atoms with Gasteiger partial charge in [-0.15, -0.1) is 10.2 Å². The summed E-state index contributed by atoms with van der Waals surface area (Å²) in [4.78, 5) is 35.2.